The molecule has 1 aromatic carbocycles. The number of benzene rings is 1. The normalized spacial score (nSPS) is 17.8. The van der Waals surface area contributed by atoms with E-state index in [0.717, 1.165) is 24.4 Å². The van der Waals surface area contributed by atoms with Crippen molar-refractivity contribution in [3.63, 3.8) is 0 Å². The summed E-state index contributed by atoms with van der Waals surface area (Å²) in [6.07, 6.45) is 0. The van der Waals surface area contributed by atoms with Gasteiger partial charge in [0, 0.05) is 25.4 Å². The van der Waals surface area contributed by atoms with Crippen LogP contribution in [0.3, 0.4) is 0 Å². The molecule has 0 radical (unpaired) electrons. The third kappa shape index (κ3) is 3.26. The van der Waals surface area contributed by atoms with Gasteiger partial charge in [0.15, 0.2) is 0 Å². The Morgan fingerprint density at radius 2 is 2.21 bits per heavy atom. The summed E-state index contributed by atoms with van der Waals surface area (Å²) in [6, 6.07) is 7.74. The number of ether oxygens (including phenoxy) is 1. The van der Waals surface area contributed by atoms with E-state index in [2.05, 4.69) is 18.7 Å². The Morgan fingerprint density at radius 3 is 2.89 bits per heavy atom. The van der Waals surface area contributed by atoms with Gasteiger partial charge in [0.2, 0.25) is 0 Å². The summed E-state index contributed by atoms with van der Waals surface area (Å²) in [6.45, 7) is 6.90. The summed E-state index contributed by atoms with van der Waals surface area (Å²) in [5.41, 5.74) is 1.95. The van der Waals surface area contributed by atoms with Crippen molar-refractivity contribution in [3.05, 3.63) is 29.8 Å². The summed E-state index contributed by atoms with van der Waals surface area (Å²) in [5, 5.41) is 9.26. The van der Waals surface area contributed by atoms with E-state index in [0.29, 0.717) is 19.1 Å². The number of carboxylic acid groups (broad SMARTS) is 1. The van der Waals surface area contributed by atoms with E-state index in [1.165, 1.54) is 0 Å². The minimum absolute atomic E-state index is 0.415. The Kier molecular flexibility index (Phi) is 4.43. The van der Waals surface area contributed by atoms with Crippen LogP contribution >= 0.6 is 0 Å². The molecule has 1 aliphatic heterocycles. The second-order valence-corrected chi connectivity index (χ2v) is 5.36. The Balaban J connectivity index is 1.98. The van der Waals surface area contributed by atoms with Gasteiger partial charge in [-0.05, 0) is 17.5 Å². The fourth-order valence-corrected chi connectivity index (χ4v) is 2.40. The van der Waals surface area contributed by atoms with Crippen LogP contribution in [0.15, 0.2) is 24.3 Å². The highest BCUT2D eigenvalue weighted by Gasteiger charge is 2.32. The smallest absolute Gasteiger partial charge is 0.312 e. The van der Waals surface area contributed by atoms with E-state index in [1.807, 2.05) is 24.3 Å². The van der Waals surface area contributed by atoms with Gasteiger partial charge in [-0.1, -0.05) is 32.0 Å². The molecule has 0 fully saturated rings. The maximum Gasteiger partial charge on any atom is 0.312 e. The van der Waals surface area contributed by atoms with Gasteiger partial charge >= 0.3 is 5.97 Å². The van der Waals surface area contributed by atoms with Crippen LogP contribution in [-0.4, -0.2) is 37.4 Å². The molecule has 0 amide bonds. The Morgan fingerprint density at radius 1 is 1.47 bits per heavy atom. The monoisotopic (exact) mass is 263 g/mol. The molecule has 2 rings (SSSR count). The molecule has 0 aromatic heterocycles. The van der Waals surface area contributed by atoms with Gasteiger partial charge in [-0.3, -0.25) is 4.79 Å². The van der Waals surface area contributed by atoms with Gasteiger partial charge in [-0.2, -0.15) is 0 Å². The number of hydrogen-bond donors (Lipinski definition) is 1. The van der Waals surface area contributed by atoms with Crippen molar-refractivity contribution < 1.29 is 14.6 Å². The Labute approximate surface area is 114 Å². The van der Waals surface area contributed by atoms with Crippen molar-refractivity contribution in [2.45, 2.75) is 19.8 Å². The SMILES string of the molecule is CC(C)COCCN1CC(C(=O)O)c2ccccc21. The number of carbonyl (C=O) groups is 1. The number of hydrogen-bond acceptors (Lipinski definition) is 3. The quantitative estimate of drug-likeness (QED) is 0.800. The number of rotatable bonds is 6. The van der Waals surface area contributed by atoms with Gasteiger partial charge < -0.3 is 14.7 Å². The van der Waals surface area contributed by atoms with Crippen LogP contribution in [0, 0.1) is 5.92 Å². The molecule has 104 valence electrons. The molecule has 0 saturated carbocycles. The van der Waals surface area contributed by atoms with Crippen molar-refractivity contribution >= 4 is 11.7 Å². The second kappa shape index (κ2) is 6.06. The van der Waals surface area contributed by atoms with Gasteiger partial charge in [-0.15, -0.1) is 0 Å². The zero-order chi connectivity index (χ0) is 13.8. The molecule has 1 aromatic rings. The highest BCUT2D eigenvalue weighted by Crippen LogP contribution is 2.35. The Bertz CT molecular complexity index is 445. The van der Waals surface area contributed by atoms with E-state index in [9.17, 15) is 9.90 Å². The fourth-order valence-electron chi connectivity index (χ4n) is 2.40. The second-order valence-electron chi connectivity index (χ2n) is 5.36. The first-order valence-corrected chi connectivity index (χ1v) is 6.74. The molecule has 1 N–H and O–H groups in total. The highest BCUT2D eigenvalue weighted by molar-refractivity contribution is 5.82. The molecule has 1 heterocycles. The van der Waals surface area contributed by atoms with Crippen LogP contribution in [-0.2, 0) is 9.53 Å². The van der Waals surface area contributed by atoms with Crippen LogP contribution in [0.5, 0.6) is 0 Å². The van der Waals surface area contributed by atoms with Gasteiger partial charge in [0.25, 0.3) is 0 Å². The van der Waals surface area contributed by atoms with E-state index >= 15 is 0 Å². The topological polar surface area (TPSA) is 49.8 Å². The van der Waals surface area contributed by atoms with Gasteiger partial charge in [-0.25, -0.2) is 0 Å². The number of fused-ring (bicyclic) bond motifs is 1. The van der Waals surface area contributed by atoms with Crippen molar-refractivity contribution in [1.29, 1.82) is 0 Å². The number of nitrogens with zero attached hydrogens (tertiary/aromatic N) is 1. The molecule has 0 aliphatic carbocycles. The average molecular weight is 263 g/mol. The molecule has 4 nitrogen and oxygen atoms in total. The summed E-state index contributed by atoms with van der Waals surface area (Å²) in [5.74, 6) is -0.642. The third-order valence-electron chi connectivity index (χ3n) is 3.31. The van der Waals surface area contributed by atoms with Crippen LogP contribution in [0.1, 0.15) is 25.3 Å². The van der Waals surface area contributed by atoms with Crippen molar-refractivity contribution in [3.8, 4) is 0 Å². The lowest BCUT2D eigenvalue weighted by Gasteiger charge is -2.19. The first-order valence-electron chi connectivity index (χ1n) is 6.74. The number of para-hydroxylation sites is 1. The summed E-state index contributed by atoms with van der Waals surface area (Å²) < 4.78 is 5.58. The molecule has 4 heteroatoms. The molecule has 1 atom stereocenters. The zero-order valence-corrected chi connectivity index (χ0v) is 11.5. The van der Waals surface area contributed by atoms with Crippen molar-refractivity contribution in [2.24, 2.45) is 5.92 Å². The molecule has 0 bridgehead atoms. The van der Waals surface area contributed by atoms with Crippen LogP contribution in [0.2, 0.25) is 0 Å². The summed E-state index contributed by atoms with van der Waals surface area (Å²) in [4.78, 5) is 13.4. The number of aliphatic carboxylic acids is 1. The lowest BCUT2D eigenvalue weighted by Crippen LogP contribution is -2.28. The lowest BCUT2D eigenvalue weighted by molar-refractivity contribution is -0.138. The highest BCUT2D eigenvalue weighted by atomic mass is 16.5. The fraction of sp³-hybridized carbons (Fsp3) is 0.533. The van der Waals surface area contributed by atoms with Gasteiger partial charge in [0.1, 0.15) is 5.92 Å². The standard InChI is InChI=1S/C15H21NO3/c1-11(2)10-19-8-7-16-9-13(15(17)18)12-5-3-4-6-14(12)16/h3-6,11,13H,7-10H2,1-2H3,(H,17,18). The maximum atomic E-state index is 11.3. The van der Waals surface area contributed by atoms with Crippen molar-refractivity contribution in [2.75, 3.05) is 31.2 Å². The zero-order valence-electron chi connectivity index (χ0n) is 11.5. The minimum Gasteiger partial charge on any atom is -0.481 e. The maximum absolute atomic E-state index is 11.3. The molecule has 1 aliphatic rings. The van der Waals surface area contributed by atoms with Crippen LogP contribution < -0.4 is 4.90 Å². The first kappa shape index (κ1) is 13.9. The molecule has 19 heavy (non-hydrogen) atoms. The number of carboxylic acids is 1. The van der Waals surface area contributed by atoms with E-state index in [1.54, 1.807) is 0 Å². The first-order chi connectivity index (χ1) is 9.09. The van der Waals surface area contributed by atoms with Crippen LogP contribution in [0.25, 0.3) is 0 Å². The third-order valence-corrected chi connectivity index (χ3v) is 3.31. The van der Waals surface area contributed by atoms with Crippen LogP contribution in [0.4, 0.5) is 5.69 Å². The molecular formula is C15H21NO3. The molecular weight excluding hydrogens is 242 g/mol. The minimum atomic E-state index is -0.752. The predicted molar refractivity (Wildman–Crippen MR) is 74.7 cm³/mol. The van der Waals surface area contributed by atoms with Gasteiger partial charge in [0.05, 0.1) is 6.61 Å². The number of anilines is 1. The molecule has 1 unspecified atom stereocenters. The summed E-state index contributed by atoms with van der Waals surface area (Å²) >= 11 is 0. The Hall–Kier alpha value is -1.55. The van der Waals surface area contributed by atoms with E-state index in [-0.39, 0.29) is 0 Å². The average Bonchev–Trinajstić information content (AvgIpc) is 2.74. The largest absolute Gasteiger partial charge is 0.481 e. The summed E-state index contributed by atoms with van der Waals surface area (Å²) in [7, 11) is 0. The van der Waals surface area contributed by atoms with E-state index in [4.69, 9.17) is 4.74 Å². The molecule has 0 spiro atoms. The predicted octanol–water partition coefficient (Wildman–Crippen LogP) is 2.35. The lowest BCUT2D eigenvalue weighted by atomic mass is 10.0. The van der Waals surface area contributed by atoms with Crippen molar-refractivity contribution in [1.82, 2.24) is 0 Å². The van der Waals surface area contributed by atoms with E-state index < -0.39 is 11.9 Å². The molecule has 0 saturated heterocycles.